The molecule has 0 aliphatic heterocycles. The van der Waals surface area contributed by atoms with Gasteiger partial charge in [0.1, 0.15) is 0 Å². The number of nitrogens with zero attached hydrogens (tertiary/aromatic N) is 2. The van der Waals surface area contributed by atoms with E-state index in [-0.39, 0.29) is 13.3 Å². The van der Waals surface area contributed by atoms with Crippen LogP contribution in [0.3, 0.4) is 0 Å². The van der Waals surface area contributed by atoms with Gasteiger partial charge in [-0.05, 0) is 0 Å². The summed E-state index contributed by atoms with van der Waals surface area (Å²) in [5.41, 5.74) is 0. The minimum atomic E-state index is 0.122. The molecule has 0 spiro atoms. The molecule has 0 saturated heterocycles. The van der Waals surface area contributed by atoms with Crippen molar-refractivity contribution < 1.29 is 1.41 Å². The van der Waals surface area contributed by atoms with Crippen LogP contribution in [-0.2, 0) is 0 Å². The first-order chi connectivity index (χ1) is 5.66. The van der Waals surface area contributed by atoms with Crippen LogP contribution < -0.4 is 5.22 Å². The first-order valence-electron chi connectivity index (χ1n) is 2.96. The zero-order chi connectivity index (χ0) is 9.98. The van der Waals surface area contributed by atoms with Gasteiger partial charge >= 0.3 is 60.3 Å². The van der Waals surface area contributed by atoms with Gasteiger partial charge in [0, 0.05) is 37.2 Å². The monoisotopic (exact) mass is 370 g/mol. The predicted molar refractivity (Wildman–Crippen MR) is 68.2 cm³/mol. The Kier molecular flexibility index (Phi) is 15.8. The van der Waals surface area contributed by atoms with Crippen LogP contribution >= 0.6 is 37.2 Å². The zero-order valence-electron chi connectivity index (χ0n) is 6.82. The Morgan fingerprint density at radius 3 is 2.64 bits per heavy atom. The normalized spacial score (nSPS) is 10.7. The molecule has 0 aromatic heterocycles. The SMILES string of the molecule is II.[2H]N([B])CN([B])CN=B[B]. The molecule has 0 amide bonds. The molecule has 0 rings (SSSR count). The Balaban J connectivity index is 0. The first kappa shape index (κ1) is 12.4. The molecular weight excluding hydrogens is 363 g/mol. The quantitative estimate of drug-likeness (QED) is 0.419. The molecule has 0 saturated carbocycles. The first-order valence-corrected chi connectivity index (χ1v) is 8.80. The summed E-state index contributed by atoms with van der Waals surface area (Å²) in [5.74, 6) is 0. The maximum absolute atomic E-state index is 6.75. The van der Waals surface area contributed by atoms with Gasteiger partial charge in [0.05, 0.1) is 0 Å². The van der Waals surface area contributed by atoms with E-state index in [4.69, 9.17) is 25.1 Å². The van der Waals surface area contributed by atoms with Gasteiger partial charge in [0.15, 0.2) is 0 Å². The summed E-state index contributed by atoms with van der Waals surface area (Å²) in [6, 6.07) is 0. The Labute approximate surface area is 96.8 Å². The molecule has 9 heteroatoms. The van der Waals surface area contributed by atoms with Crippen molar-refractivity contribution in [1.82, 2.24) is 10.0 Å². The number of hydrogen-bond donors (Lipinski definition) is 1. The number of hydrogen-bond acceptors (Lipinski definition) is 3. The van der Waals surface area contributed by atoms with Crippen molar-refractivity contribution in [3.63, 3.8) is 0 Å². The third kappa shape index (κ3) is 14.3. The fraction of sp³-hybridized carbons (Fsp3) is 1.00. The molecule has 0 heterocycles. The van der Waals surface area contributed by atoms with Crippen LogP contribution in [0, 0.1) is 0 Å². The summed E-state index contributed by atoms with van der Waals surface area (Å²) in [7, 11) is 15.2. The van der Waals surface area contributed by atoms with Crippen LogP contribution in [0.1, 0.15) is 0 Å². The summed E-state index contributed by atoms with van der Waals surface area (Å²) in [4.78, 5) is 4.86. The fourth-order valence-corrected chi connectivity index (χ4v) is 0.302. The van der Waals surface area contributed by atoms with Crippen molar-refractivity contribution in [2.45, 2.75) is 0 Å². The molecule has 0 unspecified atom stereocenters. The van der Waals surface area contributed by atoms with Gasteiger partial charge in [0.25, 0.3) is 0 Å². The second kappa shape index (κ2) is 14.0. The molecule has 6 radical (unpaired) electrons. The van der Waals surface area contributed by atoms with E-state index in [0.29, 0.717) is 5.22 Å². The fourth-order valence-electron chi connectivity index (χ4n) is 0.302. The van der Waals surface area contributed by atoms with Crippen molar-refractivity contribution in [3.8, 4) is 0 Å². The molecule has 0 aromatic carbocycles. The number of halogens is 2. The van der Waals surface area contributed by atoms with E-state index >= 15 is 0 Å². The topological polar surface area (TPSA) is 27.6 Å². The Hall–Kier alpha value is 1.44. The average molecular weight is 369 g/mol. The third-order valence-corrected chi connectivity index (χ3v) is 0.632. The van der Waals surface area contributed by atoms with Crippen molar-refractivity contribution in [1.29, 1.82) is 0 Å². The van der Waals surface area contributed by atoms with Gasteiger partial charge < -0.3 is 0 Å². The number of nitrogens with one attached hydrogen (secondary N) is 1. The van der Waals surface area contributed by atoms with Gasteiger partial charge in [-0.1, -0.05) is 0 Å². The van der Waals surface area contributed by atoms with Gasteiger partial charge in [-0.25, -0.2) is 0 Å². The molecule has 0 aliphatic rings. The van der Waals surface area contributed by atoms with Gasteiger partial charge in [0.2, 0.25) is 0 Å². The molecule has 3 nitrogen and oxygen atoms in total. The molecule has 11 heavy (non-hydrogen) atoms. The van der Waals surface area contributed by atoms with Crippen LogP contribution in [0.25, 0.3) is 0 Å². The van der Waals surface area contributed by atoms with Crippen molar-refractivity contribution >= 4 is 67.9 Å². The molecule has 0 aliphatic carbocycles. The van der Waals surface area contributed by atoms with E-state index in [2.05, 4.69) is 42.1 Å². The third-order valence-electron chi connectivity index (χ3n) is 0.632. The van der Waals surface area contributed by atoms with E-state index in [0.717, 1.165) is 6.96 Å². The van der Waals surface area contributed by atoms with Crippen LogP contribution in [0.2, 0.25) is 1.41 Å². The summed E-state index contributed by atoms with van der Waals surface area (Å²) < 4.78 is 6.75. The standard InChI is InChI=1S/C2H5B4N3.I2/c3-6-8-2-9(5)1-7-4;1-2/h7H,1-2H2;/i7D;. The van der Waals surface area contributed by atoms with E-state index in [9.17, 15) is 0 Å². The van der Waals surface area contributed by atoms with E-state index in [1.807, 2.05) is 0 Å². The molecular formula is C2H5B4I2N3. The van der Waals surface area contributed by atoms with Crippen LogP contribution in [0.5, 0.6) is 0 Å². The van der Waals surface area contributed by atoms with Crippen LogP contribution in [0.15, 0.2) is 4.90 Å². The maximum atomic E-state index is 6.75. The van der Waals surface area contributed by atoms with Crippen LogP contribution in [0.4, 0.5) is 0 Å². The Bertz CT molecular complexity index is 116. The van der Waals surface area contributed by atoms with E-state index in [1.54, 1.807) is 0 Å². The molecule has 0 aromatic rings. The second-order valence-electron chi connectivity index (χ2n) is 1.39. The molecule has 0 fully saturated rings. The molecule has 0 atom stereocenters. The summed E-state index contributed by atoms with van der Waals surface area (Å²) in [6.45, 7) is 1.51. The molecule has 54 valence electrons. The van der Waals surface area contributed by atoms with E-state index < -0.39 is 0 Å². The summed E-state index contributed by atoms with van der Waals surface area (Å²) >= 11 is 4.24. The van der Waals surface area contributed by atoms with Crippen molar-refractivity contribution in [2.24, 2.45) is 4.90 Å². The average Bonchev–Trinajstić information content (AvgIpc) is 2.03. The number of rotatable bonds is 4. The van der Waals surface area contributed by atoms with E-state index in [1.165, 1.54) is 4.81 Å². The molecule has 0 bridgehead atoms. The zero-order valence-corrected chi connectivity index (χ0v) is 10.1. The minimum absolute atomic E-state index is 0.122. The van der Waals surface area contributed by atoms with Crippen molar-refractivity contribution in [3.05, 3.63) is 0 Å². The Morgan fingerprint density at radius 2 is 2.27 bits per heavy atom. The van der Waals surface area contributed by atoms with Crippen molar-refractivity contribution in [2.75, 3.05) is 13.3 Å². The van der Waals surface area contributed by atoms with Gasteiger partial charge in [-0.15, -0.1) is 0 Å². The molecule has 1 N–H and O–H groups in total. The van der Waals surface area contributed by atoms with Gasteiger partial charge in [-0.3, -0.25) is 0 Å². The summed E-state index contributed by atoms with van der Waals surface area (Å²) in [5, 5.41) is 0.700. The summed E-state index contributed by atoms with van der Waals surface area (Å²) in [6.07, 6.45) is 0. The second-order valence-corrected chi connectivity index (χ2v) is 1.39. The van der Waals surface area contributed by atoms with Gasteiger partial charge in [-0.2, -0.15) is 0 Å². The van der Waals surface area contributed by atoms with Crippen LogP contribution in [-0.4, -0.2) is 48.8 Å². The Morgan fingerprint density at radius 1 is 1.73 bits per heavy atom. The predicted octanol–water partition coefficient (Wildman–Crippen LogP) is -0.297.